The molecule has 4 heteroatoms. The first-order chi connectivity index (χ1) is 27.9. The van der Waals surface area contributed by atoms with Crippen LogP contribution in [0.1, 0.15) is 23.1 Å². The van der Waals surface area contributed by atoms with Crippen molar-refractivity contribution < 1.29 is 17.6 Å². The Balaban J connectivity index is 1.13. The lowest BCUT2D eigenvalue weighted by Crippen LogP contribution is -2.05. The van der Waals surface area contributed by atoms with Crippen LogP contribution in [0.15, 0.2) is 174 Å². The number of hydrogen-bond donors (Lipinski definition) is 0. The molecule has 1 aliphatic rings. The summed E-state index contributed by atoms with van der Waals surface area (Å²) in [6, 6.07) is 54.8. The number of fused-ring (bicyclic) bond motifs is 7. The van der Waals surface area contributed by atoms with Gasteiger partial charge in [0.15, 0.2) is 0 Å². The molecule has 0 aliphatic heterocycles. The van der Waals surface area contributed by atoms with Crippen molar-refractivity contribution in [2.75, 3.05) is 0 Å². The molecule has 0 spiro atoms. The van der Waals surface area contributed by atoms with Crippen LogP contribution < -0.4 is 0 Å². The Morgan fingerprint density at radius 3 is 1.63 bits per heavy atom. The average Bonchev–Trinajstić information content (AvgIpc) is 3.63. The second-order valence-corrected chi connectivity index (χ2v) is 14.9. The van der Waals surface area contributed by atoms with Crippen LogP contribution in [0.5, 0.6) is 0 Å². The van der Waals surface area contributed by atoms with Gasteiger partial charge in [0.05, 0.1) is 5.56 Å². The van der Waals surface area contributed by atoms with E-state index in [4.69, 9.17) is 4.42 Å². The minimum atomic E-state index is -4.39. The van der Waals surface area contributed by atoms with Crippen LogP contribution in [0.2, 0.25) is 0 Å². The molecule has 0 amide bonds. The van der Waals surface area contributed by atoms with Crippen molar-refractivity contribution >= 4 is 60.3 Å². The van der Waals surface area contributed by atoms with Crippen LogP contribution in [-0.2, 0) is 12.6 Å². The van der Waals surface area contributed by atoms with Crippen molar-refractivity contribution in [1.82, 2.24) is 0 Å². The van der Waals surface area contributed by atoms with Crippen molar-refractivity contribution in [1.29, 1.82) is 0 Å². The lowest BCUT2D eigenvalue weighted by atomic mass is 9.80. The maximum absolute atomic E-state index is 13.6. The third kappa shape index (κ3) is 5.24. The average molecular weight is 743 g/mol. The molecule has 0 saturated heterocycles. The van der Waals surface area contributed by atoms with E-state index >= 15 is 0 Å². The van der Waals surface area contributed by atoms with E-state index in [2.05, 4.69) is 140 Å². The SMILES string of the molecule is FC(F)(F)c1ccc(-c2c3c(c(-c4ccc5c(c4)oc4c(-c6c7ccccc7c(-c7ccccc7)c7ccccc67)cccc45)c4ccccc24)CCC=C3)cc1. The van der Waals surface area contributed by atoms with Crippen LogP contribution in [0, 0.1) is 0 Å². The van der Waals surface area contributed by atoms with Gasteiger partial charge in [0.25, 0.3) is 0 Å². The van der Waals surface area contributed by atoms with Gasteiger partial charge in [-0.05, 0) is 114 Å². The lowest BCUT2D eigenvalue weighted by Gasteiger charge is -2.24. The van der Waals surface area contributed by atoms with Crippen molar-refractivity contribution in [3.8, 4) is 44.5 Å². The molecule has 0 unspecified atom stereocenters. The molecule has 272 valence electrons. The van der Waals surface area contributed by atoms with Crippen molar-refractivity contribution in [3.05, 3.63) is 187 Å². The second kappa shape index (κ2) is 12.8. The molecule has 1 aliphatic carbocycles. The van der Waals surface area contributed by atoms with E-state index in [1.807, 2.05) is 12.1 Å². The number of rotatable bonds is 4. The van der Waals surface area contributed by atoms with Gasteiger partial charge >= 0.3 is 6.18 Å². The summed E-state index contributed by atoms with van der Waals surface area (Å²) < 4.78 is 47.7. The highest BCUT2D eigenvalue weighted by Crippen LogP contribution is 2.49. The zero-order valence-electron chi connectivity index (χ0n) is 30.7. The van der Waals surface area contributed by atoms with Crippen LogP contribution in [0.4, 0.5) is 13.2 Å². The van der Waals surface area contributed by atoms with Gasteiger partial charge in [-0.15, -0.1) is 0 Å². The van der Waals surface area contributed by atoms with Crippen LogP contribution in [-0.4, -0.2) is 0 Å². The Bertz CT molecular complexity index is 3200. The number of alkyl halides is 3. The predicted octanol–water partition coefficient (Wildman–Crippen LogP) is 15.7. The van der Waals surface area contributed by atoms with E-state index in [0.717, 1.165) is 84.5 Å². The summed E-state index contributed by atoms with van der Waals surface area (Å²) in [5.41, 5.74) is 11.8. The Morgan fingerprint density at radius 1 is 0.439 bits per heavy atom. The smallest absolute Gasteiger partial charge is 0.416 e. The molecule has 57 heavy (non-hydrogen) atoms. The Labute approximate surface area is 326 Å². The summed E-state index contributed by atoms with van der Waals surface area (Å²) in [4.78, 5) is 0. The fraction of sp³-hybridized carbons (Fsp3) is 0.0566. The first-order valence-electron chi connectivity index (χ1n) is 19.3. The van der Waals surface area contributed by atoms with Crippen LogP contribution >= 0.6 is 0 Å². The molecule has 0 N–H and O–H groups in total. The van der Waals surface area contributed by atoms with E-state index in [9.17, 15) is 13.2 Å². The Morgan fingerprint density at radius 2 is 0.982 bits per heavy atom. The molecule has 1 nitrogen and oxygen atoms in total. The van der Waals surface area contributed by atoms with Gasteiger partial charge in [0.2, 0.25) is 0 Å². The maximum atomic E-state index is 13.6. The summed E-state index contributed by atoms with van der Waals surface area (Å²) in [6.07, 6.45) is 1.62. The number of para-hydroxylation sites is 1. The zero-order valence-corrected chi connectivity index (χ0v) is 30.7. The molecule has 0 fully saturated rings. The Kier molecular flexibility index (Phi) is 7.52. The highest BCUT2D eigenvalue weighted by atomic mass is 19.4. The van der Waals surface area contributed by atoms with Gasteiger partial charge in [0.1, 0.15) is 11.2 Å². The molecule has 10 aromatic rings. The summed E-state index contributed by atoms with van der Waals surface area (Å²) in [5, 5.41) is 8.89. The molecule has 0 saturated carbocycles. The molecule has 1 heterocycles. The van der Waals surface area contributed by atoms with Gasteiger partial charge in [-0.2, -0.15) is 13.2 Å². The third-order valence-electron chi connectivity index (χ3n) is 11.8. The van der Waals surface area contributed by atoms with Gasteiger partial charge in [-0.25, -0.2) is 0 Å². The summed E-state index contributed by atoms with van der Waals surface area (Å²) in [5.74, 6) is 0. The number of benzene rings is 9. The topological polar surface area (TPSA) is 13.1 Å². The highest BCUT2D eigenvalue weighted by molar-refractivity contribution is 6.24. The lowest BCUT2D eigenvalue weighted by molar-refractivity contribution is -0.137. The van der Waals surface area contributed by atoms with Gasteiger partial charge in [0, 0.05) is 21.9 Å². The maximum Gasteiger partial charge on any atom is 0.416 e. The number of furan rings is 1. The van der Waals surface area contributed by atoms with Crippen molar-refractivity contribution in [2.45, 2.75) is 19.0 Å². The molecule has 9 aromatic carbocycles. The minimum Gasteiger partial charge on any atom is -0.455 e. The predicted molar refractivity (Wildman–Crippen MR) is 230 cm³/mol. The van der Waals surface area contributed by atoms with Crippen molar-refractivity contribution in [3.63, 3.8) is 0 Å². The summed E-state index contributed by atoms with van der Waals surface area (Å²) in [7, 11) is 0. The quantitative estimate of drug-likeness (QED) is 0.164. The largest absolute Gasteiger partial charge is 0.455 e. The van der Waals surface area contributed by atoms with Crippen LogP contribution in [0.3, 0.4) is 0 Å². The fourth-order valence-electron chi connectivity index (χ4n) is 9.34. The standard InChI is InChI=1S/C53H33F3O/c54-53(55,56)35-28-25-33(26-29-35)49-37-15-4-6-17-39(37)50(40-18-7-5-16-38(40)49)34-27-30-36-45-23-12-24-46(52(45)57-47(36)31-34)51-43-21-10-8-19-41(43)48(32-13-2-1-3-14-32)42-20-9-11-22-44(42)51/h1-6,8-17,19-31H,7,18H2. The highest BCUT2D eigenvalue weighted by Gasteiger charge is 2.30. The fourth-order valence-corrected chi connectivity index (χ4v) is 9.34. The van der Waals surface area contributed by atoms with E-state index in [-0.39, 0.29) is 0 Å². The van der Waals surface area contributed by atoms with Crippen LogP contribution in [0.25, 0.3) is 105 Å². The molecule has 0 bridgehead atoms. The monoisotopic (exact) mass is 742 g/mol. The molecular formula is C53H33F3O. The molecule has 0 radical (unpaired) electrons. The second-order valence-electron chi connectivity index (χ2n) is 14.9. The first-order valence-corrected chi connectivity index (χ1v) is 19.3. The third-order valence-corrected chi connectivity index (χ3v) is 11.8. The molecule has 0 atom stereocenters. The number of allylic oxidation sites excluding steroid dienone is 1. The zero-order chi connectivity index (χ0) is 38.3. The summed E-state index contributed by atoms with van der Waals surface area (Å²) >= 11 is 0. The number of halogens is 3. The normalized spacial score (nSPS) is 13.0. The van der Waals surface area contributed by atoms with E-state index in [1.165, 1.54) is 50.4 Å². The van der Waals surface area contributed by atoms with Gasteiger partial charge in [-0.3, -0.25) is 0 Å². The van der Waals surface area contributed by atoms with E-state index in [0.29, 0.717) is 0 Å². The first kappa shape index (κ1) is 33.4. The molecular weight excluding hydrogens is 710 g/mol. The minimum absolute atomic E-state index is 0.649. The van der Waals surface area contributed by atoms with E-state index < -0.39 is 11.7 Å². The number of hydrogen-bond acceptors (Lipinski definition) is 1. The van der Waals surface area contributed by atoms with E-state index in [1.54, 1.807) is 12.1 Å². The van der Waals surface area contributed by atoms with Crippen molar-refractivity contribution in [2.24, 2.45) is 0 Å². The molecule has 1 aromatic heterocycles. The Hall–Kier alpha value is -6.91. The van der Waals surface area contributed by atoms with Gasteiger partial charge < -0.3 is 4.42 Å². The molecule has 11 rings (SSSR count). The van der Waals surface area contributed by atoms with Gasteiger partial charge in [-0.1, -0.05) is 152 Å². The summed E-state index contributed by atoms with van der Waals surface area (Å²) in [6.45, 7) is 0.